The Kier molecular flexibility index (Phi) is 5.00. The molecule has 0 bridgehead atoms. The fourth-order valence-electron chi connectivity index (χ4n) is 2.56. The summed E-state index contributed by atoms with van der Waals surface area (Å²) in [4.78, 5) is 9.23. The van der Waals surface area contributed by atoms with E-state index in [4.69, 9.17) is 0 Å². The normalized spacial score (nSPS) is 15.4. The summed E-state index contributed by atoms with van der Waals surface area (Å²) < 4.78 is 0. The van der Waals surface area contributed by atoms with E-state index in [0.717, 1.165) is 17.2 Å². The monoisotopic (exact) mass is 326 g/mol. The third-order valence-electron chi connectivity index (χ3n) is 4.38. The zero-order valence-electron chi connectivity index (χ0n) is 14.6. The first-order valence-corrected chi connectivity index (χ1v) is 8.65. The van der Waals surface area contributed by atoms with Crippen LogP contribution >= 0.6 is 0 Å². The van der Waals surface area contributed by atoms with Gasteiger partial charge in [0.1, 0.15) is 5.82 Å². The SMILES string of the molecule is Cc1ccc(Nc2cc(C3CC3)nc(N[C@@H](CO)C(C)C)n2)cc1. The Bertz CT molecular complexity index is 680. The molecule has 0 unspecified atom stereocenters. The zero-order valence-corrected chi connectivity index (χ0v) is 14.6. The van der Waals surface area contributed by atoms with Crippen molar-refractivity contribution < 1.29 is 5.11 Å². The topological polar surface area (TPSA) is 70.1 Å². The average molecular weight is 326 g/mol. The van der Waals surface area contributed by atoms with Crippen LogP contribution in [0.2, 0.25) is 0 Å². The fraction of sp³-hybridized carbons (Fsp3) is 0.474. The quantitative estimate of drug-likeness (QED) is 0.721. The van der Waals surface area contributed by atoms with Gasteiger partial charge in [0.05, 0.1) is 18.3 Å². The summed E-state index contributed by atoms with van der Waals surface area (Å²) >= 11 is 0. The molecule has 128 valence electrons. The van der Waals surface area contributed by atoms with Gasteiger partial charge >= 0.3 is 0 Å². The van der Waals surface area contributed by atoms with E-state index in [1.807, 2.05) is 18.2 Å². The Balaban J connectivity index is 1.83. The maximum absolute atomic E-state index is 9.55. The number of aryl methyl sites for hydroxylation is 1. The Hall–Kier alpha value is -2.14. The smallest absolute Gasteiger partial charge is 0.225 e. The van der Waals surface area contributed by atoms with E-state index in [-0.39, 0.29) is 12.6 Å². The predicted octanol–water partition coefficient (Wildman–Crippen LogP) is 3.83. The molecule has 5 nitrogen and oxygen atoms in total. The van der Waals surface area contributed by atoms with Crippen LogP contribution in [-0.2, 0) is 0 Å². The number of nitrogens with one attached hydrogen (secondary N) is 2. The maximum Gasteiger partial charge on any atom is 0.225 e. The summed E-state index contributed by atoms with van der Waals surface area (Å²) in [6.07, 6.45) is 2.38. The van der Waals surface area contributed by atoms with Gasteiger partial charge in [-0.05, 0) is 37.8 Å². The number of hydrogen-bond donors (Lipinski definition) is 3. The van der Waals surface area contributed by atoms with Crippen molar-refractivity contribution in [2.24, 2.45) is 5.92 Å². The predicted molar refractivity (Wildman–Crippen MR) is 97.8 cm³/mol. The van der Waals surface area contributed by atoms with Crippen molar-refractivity contribution in [3.8, 4) is 0 Å². The molecule has 2 aromatic rings. The Morgan fingerprint density at radius 3 is 2.46 bits per heavy atom. The summed E-state index contributed by atoms with van der Waals surface area (Å²) in [5.74, 6) is 2.22. The molecule has 3 rings (SSSR count). The minimum atomic E-state index is -0.0494. The number of aliphatic hydroxyl groups is 1. The molecule has 0 aliphatic heterocycles. The van der Waals surface area contributed by atoms with Gasteiger partial charge in [-0.15, -0.1) is 0 Å². The highest BCUT2D eigenvalue weighted by Crippen LogP contribution is 2.40. The van der Waals surface area contributed by atoms with Crippen molar-refractivity contribution in [2.45, 2.75) is 45.6 Å². The van der Waals surface area contributed by atoms with Crippen molar-refractivity contribution in [1.82, 2.24) is 9.97 Å². The number of benzene rings is 1. The lowest BCUT2D eigenvalue weighted by atomic mass is 10.1. The van der Waals surface area contributed by atoms with E-state index < -0.39 is 0 Å². The zero-order chi connectivity index (χ0) is 17.1. The Labute approximate surface area is 143 Å². The molecule has 1 aliphatic rings. The van der Waals surface area contributed by atoms with Crippen LogP contribution in [0.1, 0.15) is 43.9 Å². The number of anilines is 3. The molecule has 1 aliphatic carbocycles. The lowest BCUT2D eigenvalue weighted by molar-refractivity contribution is 0.248. The van der Waals surface area contributed by atoms with Crippen molar-refractivity contribution >= 4 is 17.5 Å². The van der Waals surface area contributed by atoms with Gasteiger partial charge in [-0.3, -0.25) is 0 Å². The molecule has 1 fully saturated rings. The minimum absolute atomic E-state index is 0.0494. The second-order valence-electron chi connectivity index (χ2n) is 6.94. The van der Waals surface area contributed by atoms with Crippen molar-refractivity contribution in [1.29, 1.82) is 0 Å². The molecule has 5 heteroatoms. The van der Waals surface area contributed by atoms with Gasteiger partial charge < -0.3 is 15.7 Å². The largest absolute Gasteiger partial charge is 0.394 e. The summed E-state index contributed by atoms with van der Waals surface area (Å²) in [5, 5.41) is 16.2. The van der Waals surface area contributed by atoms with Crippen LogP contribution in [0.3, 0.4) is 0 Å². The van der Waals surface area contributed by atoms with Gasteiger partial charge in [0, 0.05) is 17.7 Å². The van der Waals surface area contributed by atoms with Gasteiger partial charge in [0.25, 0.3) is 0 Å². The number of hydrogen-bond acceptors (Lipinski definition) is 5. The lowest BCUT2D eigenvalue weighted by Gasteiger charge is -2.20. The van der Waals surface area contributed by atoms with E-state index in [2.05, 4.69) is 53.5 Å². The van der Waals surface area contributed by atoms with E-state index in [1.54, 1.807) is 0 Å². The Morgan fingerprint density at radius 2 is 1.88 bits per heavy atom. The van der Waals surface area contributed by atoms with Crippen LogP contribution < -0.4 is 10.6 Å². The van der Waals surface area contributed by atoms with Crippen LogP contribution in [0.25, 0.3) is 0 Å². The first kappa shape index (κ1) is 16.7. The molecule has 1 aromatic heterocycles. The van der Waals surface area contributed by atoms with E-state index in [1.165, 1.54) is 18.4 Å². The van der Waals surface area contributed by atoms with E-state index in [9.17, 15) is 5.11 Å². The summed E-state index contributed by atoms with van der Waals surface area (Å²) in [7, 11) is 0. The standard InChI is InChI=1S/C19H26N4O/c1-12(2)17(11-24)22-19-21-16(14-6-7-14)10-18(23-19)20-15-8-4-13(3)5-9-15/h4-5,8-10,12,14,17,24H,6-7,11H2,1-3H3,(H2,20,21,22,23)/t17-/m0/s1. The summed E-state index contributed by atoms with van der Waals surface area (Å²) in [5.41, 5.74) is 3.31. The second-order valence-corrected chi connectivity index (χ2v) is 6.94. The number of aromatic nitrogens is 2. The Morgan fingerprint density at radius 1 is 1.17 bits per heavy atom. The lowest BCUT2D eigenvalue weighted by Crippen LogP contribution is -2.30. The molecule has 1 heterocycles. The number of aliphatic hydroxyl groups excluding tert-OH is 1. The molecule has 0 radical (unpaired) electrons. The van der Waals surface area contributed by atoms with Crippen LogP contribution in [0, 0.1) is 12.8 Å². The van der Waals surface area contributed by atoms with Crippen LogP contribution in [0.5, 0.6) is 0 Å². The second kappa shape index (κ2) is 7.18. The third kappa shape index (κ3) is 4.23. The van der Waals surface area contributed by atoms with Gasteiger partial charge in [-0.25, -0.2) is 4.98 Å². The van der Waals surface area contributed by atoms with E-state index in [0.29, 0.717) is 17.8 Å². The van der Waals surface area contributed by atoms with Crippen molar-refractivity contribution in [3.05, 3.63) is 41.6 Å². The maximum atomic E-state index is 9.55. The van der Waals surface area contributed by atoms with E-state index >= 15 is 0 Å². The average Bonchev–Trinajstić information content (AvgIpc) is 3.39. The van der Waals surface area contributed by atoms with Crippen LogP contribution in [-0.4, -0.2) is 27.7 Å². The van der Waals surface area contributed by atoms with Gasteiger partial charge in [-0.2, -0.15) is 4.98 Å². The molecular weight excluding hydrogens is 300 g/mol. The highest BCUT2D eigenvalue weighted by atomic mass is 16.3. The highest BCUT2D eigenvalue weighted by molar-refractivity contribution is 5.58. The van der Waals surface area contributed by atoms with Crippen LogP contribution in [0.4, 0.5) is 17.5 Å². The molecule has 0 saturated heterocycles. The van der Waals surface area contributed by atoms with Gasteiger partial charge in [0.2, 0.25) is 5.95 Å². The highest BCUT2D eigenvalue weighted by Gasteiger charge is 2.26. The summed E-state index contributed by atoms with van der Waals surface area (Å²) in [6.45, 7) is 6.28. The molecule has 1 saturated carbocycles. The van der Waals surface area contributed by atoms with Crippen LogP contribution in [0.15, 0.2) is 30.3 Å². The molecule has 1 atom stereocenters. The minimum Gasteiger partial charge on any atom is -0.394 e. The van der Waals surface area contributed by atoms with Gasteiger partial charge in [-0.1, -0.05) is 31.5 Å². The third-order valence-corrected chi connectivity index (χ3v) is 4.38. The number of rotatable bonds is 7. The molecule has 3 N–H and O–H groups in total. The first-order chi connectivity index (χ1) is 11.5. The molecule has 1 aromatic carbocycles. The first-order valence-electron chi connectivity index (χ1n) is 8.65. The fourth-order valence-corrected chi connectivity index (χ4v) is 2.56. The molecule has 0 amide bonds. The molecular formula is C19H26N4O. The van der Waals surface area contributed by atoms with Crippen molar-refractivity contribution in [3.63, 3.8) is 0 Å². The summed E-state index contributed by atoms with van der Waals surface area (Å²) in [6, 6.07) is 10.2. The van der Waals surface area contributed by atoms with Gasteiger partial charge in [0.15, 0.2) is 0 Å². The molecule has 0 spiro atoms. The number of nitrogens with zero attached hydrogens (tertiary/aromatic N) is 2. The van der Waals surface area contributed by atoms with Crippen molar-refractivity contribution in [2.75, 3.05) is 17.2 Å². The molecule has 24 heavy (non-hydrogen) atoms.